The molecule has 0 radical (unpaired) electrons. The van der Waals surface area contributed by atoms with Gasteiger partial charge < -0.3 is 4.74 Å². The highest BCUT2D eigenvalue weighted by Gasteiger charge is 2.03. The average molecular weight is 403 g/mol. The SMILES string of the molecule is CCCCCCCc1ccc(COc2ccc(-c3ncc(CCC)cn3)cc2)cc1. The molecule has 0 fully saturated rings. The molecule has 2 aromatic carbocycles. The van der Waals surface area contributed by atoms with Crippen molar-refractivity contribution in [1.29, 1.82) is 0 Å². The Labute approximate surface area is 181 Å². The first kappa shape index (κ1) is 22.0. The molecule has 0 aliphatic rings. The number of aryl methyl sites for hydroxylation is 2. The van der Waals surface area contributed by atoms with E-state index in [9.17, 15) is 0 Å². The van der Waals surface area contributed by atoms with E-state index < -0.39 is 0 Å². The number of aromatic nitrogens is 2. The van der Waals surface area contributed by atoms with Gasteiger partial charge in [-0.25, -0.2) is 9.97 Å². The molecular formula is C27H34N2O. The minimum absolute atomic E-state index is 0.582. The third-order valence-electron chi connectivity index (χ3n) is 5.35. The van der Waals surface area contributed by atoms with Gasteiger partial charge in [-0.1, -0.05) is 70.2 Å². The van der Waals surface area contributed by atoms with Crippen LogP contribution in [0.25, 0.3) is 11.4 Å². The fourth-order valence-electron chi connectivity index (χ4n) is 3.52. The molecule has 0 saturated carbocycles. The lowest BCUT2D eigenvalue weighted by Gasteiger charge is -2.08. The molecule has 30 heavy (non-hydrogen) atoms. The summed E-state index contributed by atoms with van der Waals surface area (Å²) in [6.07, 6.45) is 13.8. The van der Waals surface area contributed by atoms with E-state index in [0.29, 0.717) is 6.61 Å². The molecule has 1 heterocycles. The summed E-state index contributed by atoms with van der Waals surface area (Å²) in [6, 6.07) is 16.9. The molecule has 0 aliphatic carbocycles. The largest absolute Gasteiger partial charge is 0.489 e. The first-order valence-electron chi connectivity index (χ1n) is 11.4. The van der Waals surface area contributed by atoms with Gasteiger partial charge >= 0.3 is 0 Å². The lowest BCUT2D eigenvalue weighted by Crippen LogP contribution is -1.96. The van der Waals surface area contributed by atoms with Crippen molar-refractivity contribution < 1.29 is 4.74 Å². The Kier molecular flexibility index (Phi) is 8.89. The highest BCUT2D eigenvalue weighted by molar-refractivity contribution is 5.55. The third kappa shape index (κ3) is 6.98. The second-order valence-corrected chi connectivity index (χ2v) is 7.96. The molecule has 0 saturated heterocycles. The van der Waals surface area contributed by atoms with Gasteiger partial charge in [-0.05, 0) is 60.2 Å². The van der Waals surface area contributed by atoms with Crippen LogP contribution in [0.2, 0.25) is 0 Å². The van der Waals surface area contributed by atoms with E-state index in [4.69, 9.17) is 4.74 Å². The minimum atomic E-state index is 0.582. The van der Waals surface area contributed by atoms with Crippen molar-refractivity contribution in [3.63, 3.8) is 0 Å². The molecule has 0 spiro atoms. The Balaban J connectivity index is 1.46. The van der Waals surface area contributed by atoms with E-state index in [1.165, 1.54) is 55.2 Å². The maximum Gasteiger partial charge on any atom is 0.159 e. The highest BCUT2D eigenvalue weighted by Crippen LogP contribution is 2.20. The van der Waals surface area contributed by atoms with Crippen molar-refractivity contribution in [3.05, 3.63) is 77.6 Å². The maximum atomic E-state index is 5.96. The summed E-state index contributed by atoms with van der Waals surface area (Å²) in [6.45, 7) is 5.00. The van der Waals surface area contributed by atoms with Gasteiger partial charge in [-0.3, -0.25) is 0 Å². The Morgan fingerprint density at radius 2 is 1.30 bits per heavy atom. The quantitative estimate of drug-likeness (QED) is 0.301. The second-order valence-electron chi connectivity index (χ2n) is 7.96. The summed E-state index contributed by atoms with van der Waals surface area (Å²) in [5.41, 5.74) is 4.81. The second kappa shape index (κ2) is 12.1. The van der Waals surface area contributed by atoms with Gasteiger partial charge in [0.25, 0.3) is 0 Å². The zero-order valence-electron chi connectivity index (χ0n) is 18.4. The fraction of sp³-hybridized carbons (Fsp3) is 0.407. The molecule has 3 heteroatoms. The molecule has 0 N–H and O–H groups in total. The molecule has 3 rings (SSSR count). The normalized spacial score (nSPS) is 10.9. The molecule has 0 aliphatic heterocycles. The number of hydrogen-bond donors (Lipinski definition) is 0. The molecule has 3 aromatic rings. The first-order valence-corrected chi connectivity index (χ1v) is 11.4. The van der Waals surface area contributed by atoms with Crippen LogP contribution in [-0.2, 0) is 19.4 Å². The summed E-state index contributed by atoms with van der Waals surface area (Å²) in [5.74, 6) is 1.62. The number of benzene rings is 2. The zero-order valence-corrected chi connectivity index (χ0v) is 18.4. The van der Waals surface area contributed by atoms with Crippen molar-refractivity contribution >= 4 is 0 Å². The van der Waals surface area contributed by atoms with Crippen molar-refractivity contribution in [1.82, 2.24) is 9.97 Å². The van der Waals surface area contributed by atoms with Gasteiger partial charge in [0.1, 0.15) is 12.4 Å². The van der Waals surface area contributed by atoms with E-state index in [1.54, 1.807) is 0 Å². The van der Waals surface area contributed by atoms with Gasteiger partial charge in [0.15, 0.2) is 5.82 Å². The third-order valence-corrected chi connectivity index (χ3v) is 5.35. The topological polar surface area (TPSA) is 35.0 Å². The molecule has 0 unspecified atom stereocenters. The lowest BCUT2D eigenvalue weighted by atomic mass is 10.0. The first-order chi connectivity index (χ1) is 14.8. The zero-order chi connectivity index (χ0) is 21.0. The minimum Gasteiger partial charge on any atom is -0.489 e. The molecule has 1 aromatic heterocycles. The van der Waals surface area contributed by atoms with E-state index in [0.717, 1.165) is 30.0 Å². The van der Waals surface area contributed by atoms with Crippen molar-refractivity contribution in [3.8, 4) is 17.1 Å². The van der Waals surface area contributed by atoms with Crippen molar-refractivity contribution in [2.45, 2.75) is 71.8 Å². The van der Waals surface area contributed by atoms with Crippen LogP contribution in [0.5, 0.6) is 5.75 Å². The summed E-state index contributed by atoms with van der Waals surface area (Å²) in [5, 5.41) is 0. The van der Waals surface area contributed by atoms with E-state index in [1.807, 2.05) is 36.7 Å². The number of hydrogen-bond acceptors (Lipinski definition) is 3. The molecule has 3 nitrogen and oxygen atoms in total. The number of ether oxygens (including phenoxy) is 1. The number of rotatable bonds is 12. The summed E-state index contributed by atoms with van der Waals surface area (Å²) >= 11 is 0. The number of unbranched alkanes of at least 4 members (excludes halogenated alkanes) is 4. The lowest BCUT2D eigenvalue weighted by molar-refractivity contribution is 0.306. The van der Waals surface area contributed by atoms with Crippen LogP contribution < -0.4 is 4.74 Å². The van der Waals surface area contributed by atoms with Crippen LogP contribution in [-0.4, -0.2) is 9.97 Å². The Hall–Kier alpha value is -2.68. The van der Waals surface area contributed by atoms with Crippen LogP contribution in [0.15, 0.2) is 60.9 Å². The van der Waals surface area contributed by atoms with Gasteiger partial charge in [0.05, 0.1) is 0 Å². The average Bonchev–Trinajstić information content (AvgIpc) is 2.79. The monoisotopic (exact) mass is 402 g/mol. The van der Waals surface area contributed by atoms with Crippen LogP contribution in [0.4, 0.5) is 0 Å². The molecule has 0 bridgehead atoms. The Morgan fingerprint density at radius 3 is 1.97 bits per heavy atom. The summed E-state index contributed by atoms with van der Waals surface area (Å²) < 4.78 is 5.96. The fourth-order valence-corrected chi connectivity index (χ4v) is 3.52. The van der Waals surface area contributed by atoms with Crippen molar-refractivity contribution in [2.24, 2.45) is 0 Å². The van der Waals surface area contributed by atoms with Gasteiger partial charge in [0.2, 0.25) is 0 Å². The summed E-state index contributed by atoms with van der Waals surface area (Å²) in [7, 11) is 0. The highest BCUT2D eigenvalue weighted by atomic mass is 16.5. The smallest absolute Gasteiger partial charge is 0.159 e. The maximum absolute atomic E-state index is 5.96. The van der Waals surface area contributed by atoms with Crippen LogP contribution in [0.1, 0.15) is 69.1 Å². The molecule has 0 atom stereocenters. The van der Waals surface area contributed by atoms with Gasteiger partial charge in [0, 0.05) is 18.0 Å². The predicted molar refractivity (Wildman–Crippen MR) is 125 cm³/mol. The van der Waals surface area contributed by atoms with E-state index in [-0.39, 0.29) is 0 Å². The van der Waals surface area contributed by atoms with E-state index in [2.05, 4.69) is 48.1 Å². The Morgan fingerprint density at radius 1 is 0.633 bits per heavy atom. The van der Waals surface area contributed by atoms with Crippen LogP contribution in [0.3, 0.4) is 0 Å². The standard InChI is InChI=1S/C27H34N2O/c1-3-5-6-7-8-10-22-11-13-23(14-12-22)21-30-26-17-15-25(16-18-26)27-28-19-24(9-4-2)20-29-27/h11-20H,3-10,21H2,1-2H3. The molecular weight excluding hydrogens is 368 g/mol. The van der Waals surface area contributed by atoms with Crippen molar-refractivity contribution in [2.75, 3.05) is 0 Å². The predicted octanol–water partition coefficient (Wildman–Crippen LogP) is 7.19. The van der Waals surface area contributed by atoms with Crippen LogP contribution >= 0.6 is 0 Å². The van der Waals surface area contributed by atoms with E-state index >= 15 is 0 Å². The molecule has 0 amide bonds. The van der Waals surface area contributed by atoms with Crippen LogP contribution in [0, 0.1) is 0 Å². The van der Waals surface area contributed by atoms with Gasteiger partial charge in [-0.15, -0.1) is 0 Å². The van der Waals surface area contributed by atoms with Gasteiger partial charge in [-0.2, -0.15) is 0 Å². The summed E-state index contributed by atoms with van der Waals surface area (Å²) in [4.78, 5) is 8.97. The number of nitrogens with zero attached hydrogens (tertiary/aromatic N) is 2. The Bertz CT molecular complexity index is 855. The molecule has 158 valence electrons.